The summed E-state index contributed by atoms with van der Waals surface area (Å²) in [7, 11) is 0. The van der Waals surface area contributed by atoms with E-state index in [4.69, 9.17) is 11.5 Å². The molecule has 0 aliphatic heterocycles. The Morgan fingerprint density at radius 2 is 2.03 bits per heavy atom. The molecule has 0 saturated heterocycles. The number of nitriles is 1. The molecule has 154 valence electrons. The van der Waals surface area contributed by atoms with Gasteiger partial charge in [-0.05, 0) is 61.2 Å². The zero-order valence-electron chi connectivity index (χ0n) is 16.8. The first kappa shape index (κ1) is 20.9. The summed E-state index contributed by atoms with van der Waals surface area (Å²) in [5, 5.41) is 17.0. The molecule has 1 heterocycles. The van der Waals surface area contributed by atoms with E-state index >= 15 is 0 Å². The summed E-state index contributed by atoms with van der Waals surface area (Å²) in [5.41, 5.74) is 15.6. The SMILES string of the molecule is CCc1cccc(NC(N)=NCCCc2nn(-c3ccc(F)cc3)c(N)c2C#N)c1. The van der Waals surface area contributed by atoms with Crippen molar-refractivity contribution in [1.82, 2.24) is 9.78 Å². The maximum Gasteiger partial charge on any atom is 0.193 e. The molecule has 0 unspecified atom stereocenters. The third kappa shape index (κ3) is 4.94. The summed E-state index contributed by atoms with van der Waals surface area (Å²) in [6, 6.07) is 15.9. The third-order valence-electron chi connectivity index (χ3n) is 4.64. The number of aliphatic imine (C=N–C) groups is 1. The Labute approximate surface area is 174 Å². The van der Waals surface area contributed by atoms with Gasteiger partial charge >= 0.3 is 0 Å². The first-order valence-corrected chi connectivity index (χ1v) is 9.71. The largest absolute Gasteiger partial charge is 0.382 e. The molecule has 7 nitrogen and oxygen atoms in total. The average Bonchev–Trinajstić information content (AvgIpc) is 3.07. The van der Waals surface area contributed by atoms with Gasteiger partial charge in [-0.1, -0.05) is 19.1 Å². The van der Waals surface area contributed by atoms with Gasteiger partial charge in [-0.2, -0.15) is 10.4 Å². The highest BCUT2D eigenvalue weighted by Crippen LogP contribution is 2.21. The predicted molar refractivity (Wildman–Crippen MR) is 117 cm³/mol. The van der Waals surface area contributed by atoms with Crippen molar-refractivity contribution < 1.29 is 4.39 Å². The summed E-state index contributed by atoms with van der Waals surface area (Å²) in [4.78, 5) is 4.34. The van der Waals surface area contributed by atoms with E-state index in [0.29, 0.717) is 42.3 Å². The fraction of sp³-hybridized carbons (Fsp3) is 0.227. The van der Waals surface area contributed by atoms with Crippen molar-refractivity contribution in [3.63, 3.8) is 0 Å². The third-order valence-corrected chi connectivity index (χ3v) is 4.64. The Morgan fingerprint density at radius 3 is 2.73 bits per heavy atom. The van der Waals surface area contributed by atoms with Gasteiger partial charge in [-0.25, -0.2) is 9.07 Å². The maximum absolute atomic E-state index is 13.2. The second-order valence-corrected chi connectivity index (χ2v) is 6.76. The Morgan fingerprint density at radius 1 is 1.27 bits per heavy atom. The molecule has 0 saturated carbocycles. The Kier molecular flexibility index (Phi) is 6.65. The number of nitrogens with two attached hydrogens (primary N) is 2. The molecule has 1 aromatic heterocycles. The number of nitrogen functional groups attached to an aromatic ring is 1. The molecule has 0 atom stereocenters. The molecule has 0 aliphatic carbocycles. The number of benzene rings is 2. The van der Waals surface area contributed by atoms with E-state index in [1.54, 1.807) is 12.1 Å². The van der Waals surface area contributed by atoms with Crippen molar-refractivity contribution in [3.8, 4) is 11.8 Å². The molecule has 0 amide bonds. The summed E-state index contributed by atoms with van der Waals surface area (Å²) >= 11 is 0. The van der Waals surface area contributed by atoms with Gasteiger partial charge in [-0.15, -0.1) is 0 Å². The maximum atomic E-state index is 13.2. The number of nitrogens with one attached hydrogen (secondary N) is 1. The van der Waals surface area contributed by atoms with Crippen LogP contribution in [-0.2, 0) is 12.8 Å². The predicted octanol–water partition coefficient (Wildman–Crippen LogP) is 3.39. The van der Waals surface area contributed by atoms with Crippen LogP contribution in [0.15, 0.2) is 53.5 Å². The molecular weight excluding hydrogens is 381 g/mol. The molecule has 30 heavy (non-hydrogen) atoms. The van der Waals surface area contributed by atoms with Gasteiger partial charge < -0.3 is 16.8 Å². The van der Waals surface area contributed by atoms with Gasteiger partial charge in [0.25, 0.3) is 0 Å². The molecule has 2 aromatic carbocycles. The van der Waals surface area contributed by atoms with E-state index in [0.717, 1.165) is 12.1 Å². The summed E-state index contributed by atoms with van der Waals surface area (Å²) in [6.07, 6.45) is 2.11. The second kappa shape index (κ2) is 9.56. The topological polar surface area (TPSA) is 118 Å². The van der Waals surface area contributed by atoms with Crippen LogP contribution in [0.25, 0.3) is 5.69 Å². The zero-order valence-corrected chi connectivity index (χ0v) is 16.8. The number of aromatic nitrogens is 2. The van der Waals surface area contributed by atoms with Crippen molar-refractivity contribution in [2.75, 3.05) is 17.6 Å². The minimum atomic E-state index is -0.351. The highest BCUT2D eigenvalue weighted by Gasteiger charge is 2.16. The lowest BCUT2D eigenvalue weighted by atomic mass is 10.1. The van der Waals surface area contributed by atoms with E-state index in [-0.39, 0.29) is 11.6 Å². The summed E-state index contributed by atoms with van der Waals surface area (Å²) < 4.78 is 14.6. The van der Waals surface area contributed by atoms with Crippen molar-refractivity contribution in [3.05, 3.63) is 71.2 Å². The zero-order chi connectivity index (χ0) is 21.5. The van der Waals surface area contributed by atoms with Crippen LogP contribution in [-0.4, -0.2) is 22.3 Å². The van der Waals surface area contributed by atoms with Gasteiger partial charge in [0.05, 0.1) is 11.4 Å². The molecule has 8 heteroatoms. The van der Waals surface area contributed by atoms with Crippen molar-refractivity contribution in [2.45, 2.75) is 26.2 Å². The van der Waals surface area contributed by atoms with Crippen LogP contribution < -0.4 is 16.8 Å². The highest BCUT2D eigenvalue weighted by molar-refractivity contribution is 5.92. The number of hydrogen-bond acceptors (Lipinski definition) is 4. The van der Waals surface area contributed by atoms with Crippen molar-refractivity contribution >= 4 is 17.5 Å². The van der Waals surface area contributed by atoms with Gasteiger partial charge in [-0.3, -0.25) is 4.99 Å². The smallest absolute Gasteiger partial charge is 0.193 e. The van der Waals surface area contributed by atoms with Crippen molar-refractivity contribution in [1.29, 1.82) is 5.26 Å². The van der Waals surface area contributed by atoms with Gasteiger partial charge in [0.1, 0.15) is 23.3 Å². The Bertz CT molecular complexity index is 1080. The molecular formula is C22H24FN7. The molecule has 0 bridgehead atoms. The molecule has 0 fully saturated rings. The highest BCUT2D eigenvalue weighted by atomic mass is 19.1. The van der Waals surface area contributed by atoms with Crippen LogP contribution in [0.2, 0.25) is 0 Å². The fourth-order valence-corrected chi connectivity index (χ4v) is 3.06. The minimum Gasteiger partial charge on any atom is -0.382 e. The lowest BCUT2D eigenvalue weighted by Gasteiger charge is -2.07. The molecule has 5 N–H and O–H groups in total. The van der Waals surface area contributed by atoms with Crippen LogP contribution in [0.5, 0.6) is 0 Å². The number of halogens is 1. The van der Waals surface area contributed by atoms with Crippen LogP contribution >= 0.6 is 0 Å². The van der Waals surface area contributed by atoms with E-state index < -0.39 is 0 Å². The van der Waals surface area contributed by atoms with Crippen LogP contribution in [0.4, 0.5) is 15.9 Å². The fourth-order valence-electron chi connectivity index (χ4n) is 3.06. The van der Waals surface area contributed by atoms with Crippen molar-refractivity contribution in [2.24, 2.45) is 10.7 Å². The van der Waals surface area contributed by atoms with Gasteiger partial charge in [0, 0.05) is 12.2 Å². The summed E-state index contributed by atoms with van der Waals surface area (Å²) in [5.74, 6) is 0.218. The average molecular weight is 405 g/mol. The molecule has 3 aromatic rings. The van der Waals surface area contributed by atoms with E-state index in [1.165, 1.54) is 22.4 Å². The monoisotopic (exact) mass is 405 g/mol. The van der Waals surface area contributed by atoms with Gasteiger partial charge in [0.15, 0.2) is 5.96 Å². The number of nitrogens with zero attached hydrogens (tertiary/aromatic N) is 4. The number of rotatable bonds is 7. The normalized spacial score (nSPS) is 11.3. The van der Waals surface area contributed by atoms with Crippen LogP contribution in [0, 0.1) is 17.1 Å². The summed E-state index contributed by atoms with van der Waals surface area (Å²) in [6.45, 7) is 2.57. The lowest BCUT2D eigenvalue weighted by Crippen LogP contribution is -2.23. The standard InChI is InChI=1S/C22H24FN7/c1-2-15-5-3-6-17(13-15)28-22(26)27-12-4-7-20-19(14-24)21(25)30(29-20)18-10-8-16(23)9-11-18/h3,5-6,8-11,13H,2,4,7,12,25H2,1H3,(H3,26,27,28). The van der Waals surface area contributed by atoms with Gasteiger partial charge in [0.2, 0.25) is 0 Å². The molecule has 0 radical (unpaired) electrons. The number of guanidine groups is 1. The molecule has 0 spiro atoms. The first-order valence-electron chi connectivity index (χ1n) is 9.71. The van der Waals surface area contributed by atoms with Crippen LogP contribution in [0.3, 0.4) is 0 Å². The first-order chi connectivity index (χ1) is 14.5. The Hall–Kier alpha value is -3.86. The number of aryl methyl sites for hydroxylation is 2. The molecule has 3 rings (SSSR count). The van der Waals surface area contributed by atoms with E-state index in [9.17, 15) is 9.65 Å². The number of anilines is 2. The molecule has 0 aliphatic rings. The second-order valence-electron chi connectivity index (χ2n) is 6.76. The minimum absolute atomic E-state index is 0.236. The van der Waals surface area contributed by atoms with E-state index in [1.807, 2.05) is 18.2 Å². The Balaban J connectivity index is 1.63. The van der Waals surface area contributed by atoms with Crippen LogP contribution in [0.1, 0.15) is 30.2 Å². The quantitative estimate of drug-likeness (QED) is 0.316. The number of hydrogen-bond donors (Lipinski definition) is 3. The van der Waals surface area contributed by atoms with E-state index in [2.05, 4.69) is 34.5 Å². The lowest BCUT2D eigenvalue weighted by molar-refractivity contribution is 0.627.